The van der Waals surface area contributed by atoms with Gasteiger partial charge in [-0.2, -0.15) is 5.10 Å². The smallest absolute Gasteiger partial charge is 0.149 e. The van der Waals surface area contributed by atoms with Crippen LogP contribution in [0.2, 0.25) is 0 Å². The van der Waals surface area contributed by atoms with Gasteiger partial charge in [0.05, 0.1) is 5.69 Å². The van der Waals surface area contributed by atoms with Gasteiger partial charge in [-0.1, -0.05) is 13.0 Å². The Morgan fingerprint density at radius 1 is 1.37 bits per heavy atom. The van der Waals surface area contributed by atoms with Crippen molar-refractivity contribution in [3.8, 4) is 5.69 Å². The molecule has 2 aromatic rings. The van der Waals surface area contributed by atoms with Crippen molar-refractivity contribution >= 4 is 0 Å². The first kappa shape index (κ1) is 13.7. The largest absolute Gasteiger partial charge is 0.324 e. The molecule has 0 saturated carbocycles. The van der Waals surface area contributed by atoms with Gasteiger partial charge >= 0.3 is 0 Å². The van der Waals surface area contributed by atoms with E-state index < -0.39 is 0 Å². The van der Waals surface area contributed by atoms with Crippen LogP contribution in [0, 0.1) is 19.7 Å². The highest BCUT2D eigenvalue weighted by Crippen LogP contribution is 2.22. The molecule has 0 saturated heterocycles. The summed E-state index contributed by atoms with van der Waals surface area (Å²) in [6, 6.07) is 4.91. The lowest BCUT2D eigenvalue weighted by atomic mass is 10.1. The highest BCUT2D eigenvalue weighted by Gasteiger charge is 2.14. The van der Waals surface area contributed by atoms with Gasteiger partial charge in [-0.15, -0.1) is 0 Å². The van der Waals surface area contributed by atoms with E-state index in [0.29, 0.717) is 5.69 Å². The monoisotopic (exact) mass is 261 g/mol. The summed E-state index contributed by atoms with van der Waals surface area (Å²) in [5, 5.41) is 4.43. The summed E-state index contributed by atoms with van der Waals surface area (Å²) < 4.78 is 15.9. The summed E-state index contributed by atoms with van der Waals surface area (Å²) >= 11 is 0. The van der Waals surface area contributed by atoms with Crippen LogP contribution in [0.1, 0.15) is 42.4 Å². The third kappa shape index (κ3) is 2.40. The van der Waals surface area contributed by atoms with Gasteiger partial charge < -0.3 is 5.73 Å². The Hall–Kier alpha value is -1.68. The number of halogens is 1. The Bertz CT molecular complexity index is 600. The molecule has 102 valence electrons. The second-order valence-corrected chi connectivity index (χ2v) is 4.91. The fourth-order valence-electron chi connectivity index (χ4n) is 2.40. The van der Waals surface area contributed by atoms with E-state index in [2.05, 4.69) is 12.0 Å². The van der Waals surface area contributed by atoms with Gasteiger partial charge in [0, 0.05) is 11.7 Å². The number of hydrogen-bond donors (Lipinski definition) is 1. The zero-order valence-corrected chi connectivity index (χ0v) is 11.9. The third-order valence-electron chi connectivity index (χ3n) is 3.52. The molecule has 1 aromatic heterocycles. The minimum absolute atomic E-state index is 0.171. The second-order valence-electron chi connectivity index (χ2n) is 4.91. The summed E-state index contributed by atoms with van der Waals surface area (Å²) in [6.07, 6.45) is 0.900. The lowest BCUT2D eigenvalue weighted by molar-refractivity contribution is 0.603. The highest BCUT2D eigenvalue weighted by atomic mass is 19.1. The van der Waals surface area contributed by atoms with Crippen molar-refractivity contribution in [3.63, 3.8) is 0 Å². The van der Waals surface area contributed by atoms with Crippen LogP contribution in [0.5, 0.6) is 0 Å². The van der Waals surface area contributed by atoms with Crippen molar-refractivity contribution in [1.82, 2.24) is 9.78 Å². The van der Waals surface area contributed by atoms with E-state index in [9.17, 15) is 4.39 Å². The van der Waals surface area contributed by atoms with Gasteiger partial charge in [0.15, 0.2) is 0 Å². The second kappa shape index (κ2) is 5.13. The molecule has 0 amide bonds. The van der Waals surface area contributed by atoms with Crippen molar-refractivity contribution in [3.05, 3.63) is 46.5 Å². The summed E-state index contributed by atoms with van der Waals surface area (Å²) in [6.45, 7) is 7.85. The van der Waals surface area contributed by atoms with Gasteiger partial charge in [-0.05, 0) is 50.5 Å². The predicted octanol–water partition coefficient (Wildman–Crippen LogP) is 3.21. The summed E-state index contributed by atoms with van der Waals surface area (Å²) in [7, 11) is 0. The van der Waals surface area contributed by atoms with E-state index in [1.54, 1.807) is 10.7 Å². The standard InChI is InChI=1S/C15H20FN3/c1-5-13-10(3)18-19(11(13)4)15-7-6-12(9(2)17)8-14(15)16/h6-9H,5,17H2,1-4H3/t9-/m0/s1. The average molecular weight is 261 g/mol. The van der Waals surface area contributed by atoms with E-state index in [1.807, 2.05) is 26.8 Å². The number of aryl methyl sites for hydroxylation is 1. The van der Waals surface area contributed by atoms with Crippen LogP contribution in [0.25, 0.3) is 5.69 Å². The summed E-state index contributed by atoms with van der Waals surface area (Å²) in [4.78, 5) is 0. The fraction of sp³-hybridized carbons (Fsp3) is 0.400. The Labute approximate surface area is 113 Å². The predicted molar refractivity (Wildman–Crippen MR) is 75.0 cm³/mol. The molecule has 4 heteroatoms. The molecule has 0 aliphatic carbocycles. The van der Waals surface area contributed by atoms with Crippen molar-refractivity contribution in [2.45, 2.75) is 40.2 Å². The van der Waals surface area contributed by atoms with Crippen LogP contribution < -0.4 is 5.73 Å². The van der Waals surface area contributed by atoms with Gasteiger partial charge in [0.25, 0.3) is 0 Å². The van der Waals surface area contributed by atoms with E-state index in [0.717, 1.165) is 23.4 Å². The molecule has 0 aliphatic heterocycles. The maximum absolute atomic E-state index is 14.2. The molecule has 19 heavy (non-hydrogen) atoms. The van der Waals surface area contributed by atoms with Gasteiger partial charge in [-0.25, -0.2) is 9.07 Å². The topological polar surface area (TPSA) is 43.8 Å². The zero-order valence-electron chi connectivity index (χ0n) is 11.9. The lowest BCUT2D eigenvalue weighted by Gasteiger charge is -2.10. The number of nitrogens with zero attached hydrogens (tertiary/aromatic N) is 2. The minimum Gasteiger partial charge on any atom is -0.324 e. The van der Waals surface area contributed by atoms with Gasteiger partial charge in [0.1, 0.15) is 11.5 Å². The molecule has 1 atom stereocenters. The van der Waals surface area contributed by atoms with Gasteiger partial charge in [-0.3, -0.25) is 0 Å². The van der Waals surface area contributed by atoms with Crippen molar-refractivity contribution in [2.75, 3.05) is 0 Å². The quantitative estimate of drug-likeness (QED) is 0.922. The first-order valence-electron chi connectivity index (χ1n) is 6.56. The third-order valence-corrected chi connectivity index (χ3v) is 3.52. The fourth-order valence-corrected chi connectivity index (χ4v) is 2.40. The maximum Gasteiger partial charge on any atom is 0.149 e. The number of nitrogens with two attached hydrogens (primary N) is 1. The SMILES string of the molecule is CCc1c(C)nn(-c2ccc([C@H](C)N)cc2F)c1C. The maximum atomic E-state index is 14.2. The molecule has 1 heterocycles. The van der Waals surface area contributed by atoms with Crippen LogP contribution >= 0.6 is 0 Å². The Kier molecular flexibility index (Phi) is 3.71. The normalized spacial score (nSPS) is 12.7. The van der Waals surface area contributed by atoms with Crippen LogP contribution in [-0.2, 0) is 6.42 Å². The van der Waals surface area contributed by atoms with E-state index in [4.69, 9.17) is 5.73 Å². The molecule has 0 aliphatic rings. The van der Waals surface area contributed by atoms with E-state index in [-0.39, 0.29) is 11.9 Å². The van der Waals surface area contributed by atoms with Crippen LogP contribution in [0.3, 0.4) is 0 Å². The molecule has 0 bridgehead atoms. The molecule has 0 unspecified atom stereocenters. The molecule has 1 aromatic carbocycles. The van der Waals surface area contributed by atoms with E-state index in [1.165, 1.54) is 11.6 Å². The van der Waals surface area contributed by atoms with E-state index >= 15 is 0 Å². The molecule has 2 N–H and O–H groups in total. The first-order valence-corrected chi connectivity index (χ1v) is 6.56. The summed E-state index contributed by atoms with van der Waals surface area (Å²) in [5.41, 5.74) is 10.2. The molecule has 0 spiro atoms. The lowest BCUT2D eigenvalue weighted by Crippen LogP contribution is -2.08. The first-order chi connectivity index (χ1) is 8.95. The van der Waals surface area contributed by atoms with Crippen LogP contribution in [-0.4, -0.2) is 9.78 Å². The van der Waals surface area contributed by atoms with Crippen LogP contribution in [0.15, 0.2) is 18.2 Å². The number of benzene rings is 1. The zero-order chi connectivity index (χ0) is 14.2. The molecular formula is C15H20FN3. The Morgan fingerprint density at radius 3 is 2.53 bits per heavy atom. The van der Waals surface area contributed by atoms with Crippen molar-refractivity contribution in [2.24, 2.45) is 5.73 Å². The molecule has 3 nitrogen and oxygen atoms in total. The highest BCUT2D eigenvalue weighted by molar-refractivity contribution is 5.40. The van der Waals surface area contributed by atoms with Crippen molar-refractivity contribution in [1.29, 1.82) is 0 Å². The average Bonchev–Trinajstić information content (AvgIpc) is 2.64. The van der Waals surface area contributed by atoms with Crippen molar-refractivity contribution < 1.29 is 4.39 Å². The Morgan fingerprint density at radius 2 is 2.05 bits per heavy atom. The van der Waals surface area contributed by atoms with Crippen LogP contribution in [0.4, 0.5) is 4.39 Å². The molecule has 0 radical (unpaired) electrons. The molecule has 0 fully saturated rings. The summed E-state index contributed by atoms with van der Waals surface area (Å²) in [5.74, 6) is -0.289. The van der Waals surface area contributed by atoms with Gasteiger partial charge in [0.2, 0.25) is 0 Å². The number of rotatable bonds is 3. The molecule has 2 rings (SSSR count). The Balaban J connectivity index is 2.54. The number of hydrogen-bond acceptors (Lipinski definition) is 2. The molecular weight excluding hydrogens is 241 g/mol. The minimum atomic E-state index is -0.289. The number of aromatic nitrogens is 2.